The van der Waals surface area contributed by atoms with Crippen LogP contribution in [0.25, 0.3) is 0 Å². The van der Waals surface area contributed by atoms with Crippen molar-refractivity contribution < 1.29 is 19.1 Å². The molecule has 0 radical (unpaired) electrons. The van der Waals surface area contributed by atoms with E-state index in [-0.39, 0.29) is 25.2 Å². The molecule has 5 nitrogen and oxygen atoms in total. The van der Waals surface area contributed by atoms with E-state index in [1.54, 1.807) is 0 Å². The molecule has 0 unspecified atom stereocenters. The van der Waals surface area contributed by atoms with Gasteiger partial charge in [-0.1, -0.05) is 52.7 Å². The minimum Gasteiger partial charge on any atom is -0.482 e. The number of benzene rings is 1. The van der Waals surface area contributed by atoms with Crippen LogP contribution in [0.4, 0.5) is 0 Å². The van der Waals surface area contributed by atoms with Crippen LogP contribution in [0.5, 0.6) is 5.75 Å². The Kier molecular flexibility index (Phi) is 7.69. The standard InChI is InChI=1S/C22H33NO4/c1-14(2)18-10-9-15(3)11-20(18)26-13-22(25)27-12-21(24)23-19-8-6-7-16(4)17(19)5/h9-11,14,16-17,19H,6-8,12-13H2,1-5H3,(H,23,24)/t16-,17+,19-/m0/s1. The Bertz CT molecular complexity index is 656. The highest BCUT2D eigenvalue weighted by atomic mass is 16.6. The summed E-state index contributed by atoms with van der Waals surface area (Å²) in [5.74, 6) is 1.25. The van der Waals surface area contributed by atoms with E-state index in [4.69, 9.17) is 9.47 Å². The number of esters is 1. The smallest absolute Gasteiger partial charge is 0.344 e. The Morgan fingerprint density at radius 1 is 1.19 bits per heavy atom. The highest BCUT2D eigenvalue weighted by Crippen LogP contribution is 2.29. The van der Waals surface area contributed by atoms with Gasteiger partial charge >= 0.3 is 5.97 Å². The number of nitrogens with one attached hydrogen (secondary N) is 1. The molecule has 0 bridgehead atoms. The number of ether oxygens (including phenoxy) is 2. The van der Waals surface area contributed by atoms with Crippen LogP contribution >= 0.6 is 0 Å². The van der Waals surface area contributed by atoms with Crippen molar-refractivity contribution in [1.82, 2.24) is 5.32 Å². The van der Waals surface area contributed by atoms with Gasteiger partial charge in [0.15, 0.2) is 13.2 Å². The Morgan fingerprint density at radius 2 is 1.93 bits per heavy atom. The number of carbonyl (C=O) groups is 2. The van der Waals surface area contributed by atoms with Gasteiger partial charge in [-0.3, -0.25) is 4.79 Å². The summed E-state index contributed by atoms with van der Waals surface area (Å²) >= 11 is 0. The van der Waals surface area contributed by atoms with Gasteiger partial charge in [-0.05, 0) is 48.3 Å². The normalized spacial score (nSPS) is 22.4. The van der Waals surface area contributed by atoms with E-state index in [0.717, 1.165) is 24.0 Å². The van der Waals surface area contributed by atoms with Crippen LogP contribution in [0.3, 0.4) is 0 Å². The van der Waals surface area contributed by atoms with Crippen LogP contribution in [0.15, 0.2) is 18.2 Å². The maximum Gasteiger partial charge on any atom is 0.344 e. The average molecular weight is 376 g/mol. The van der Waals surface area contributed by atoms with E-state index in [2.05, 4.69) is 33.0 Å². The largest absolute Gasteiger partial charge is 0.482 e. The monoisotopic (exact) mass is 375 g/mol. The van der Waals surface area contributed by atoms with E-state index >= 15 is 0 Å². The molecular formula is C22H33NO4. The SMILES string of the molecule is Cc1ccc(C(C)C)c(OCC(=O)OCC(=O)N[C@H]2CCC[C@H](C)[C@H]2C)c1. The van der Waals surface area contributed by atoms with Gasteiger partial charge in [-0.25, -0.2) is 4.79 Å². The lowest BCUT2D eigenvalue weighted by Gasteiger charge is -2.34. The first kappa shape index (κ1) is 21.3. The Morgan fingerprint density at radius 3 is 2.63 bits per heavy atom. The Balaban J connectivity index is 1.78. The molecule has 27 heavy (non-hydrogen) atoms. The quantitative estimate of drug-likeness (QED) is 0.732. The molecule has 1 aromatic carbocycles. The Labute approximate surface area is 162 Å². The van der Waals surface area contributed by atoms with Crippen molar-refractivity contribution in [3.63, 3.8) is 0 Å². The first-order valence-corrected chi connectivity index (χ1v) is 9.96. The molecule has 0 aliphatic heterocycles. The topological polar surface area (TPSA) is 64.6 Å². The molecule has 3 atom stereocenters. The third-order valence-electron chi connectivity index (χ3n) is 5.55. The average Bonchev–Trinajstić information content (AvgIpc) is 2.62. The first-order valence-electron chi connectivity index (χ1n) is 9.96. The molecular weight excluding hydrogens is 342 g/mol. The van der Waals surface area contributed by atoms with Crippen LogP contribution < -0.4 is 10.1 Å². The minimum absolute atomic E-state index is 0.164. The lowest BCUT2D eigenvalue weighted by Crippen LogP contribution is -2.45. The maximum atomic E-state index is 12.1. The van der Waals surface area contributed by atoms with Gasteiger partial charge in [0.1, 0.15) is 5.75 Å². The third-order valence-corrected chi connectivity index (χ3v) is 5.55. The zero-order chi connectivity index (χ0) is 20.0. The summed E-state index contributed by atoms with van der Waals surface area (Å²) in [6.07, 6.45) is 3.32. The van der Waals surface area contributed by atoms with E-state index in [0.29, 0.717) is 23.5 Å². The molecule has 1 saturated carbocycles. The molecule has 1 fully saturated rings. The zero-order valence-corrected chi connectivity index (χ0v) is 17.2. The van der Waals surface area contributed by atoms with E-state index in [1.165, 1.54) is 6.42 Å². The second kappa shape index (κ2) is 9.77. The number of aryl methyl sites for hydroxylation is 1. The molecule has 0 saturated heterocycles. The molecule has 0 aromatic heterocycles. The summed E-state index contributed by atoms with van der Waals surface area (Å²) in [5, 5.41) is 3.00. The Hall–Kier alpha value is -2.04. The number of rotatable bonds is 7. The van der Waals surface area contributed by atoms with Crippen molar-refractivity contribution in [2.24, 2.45) is 11.8 Å². The van der Waals surface area contributed by atoms with Gasteiger partial charge < -0.3 is 14.8 Å². The molecule has 2 rings (SSSR count). The molecule has 1 amide bonds. The second-order valence-corrected chi connectivity index (χ2v) is 8.09. The molecule has 1 aromatic rings. The summed E-state index contributed by atoms with van der Waals surface area (Å²) < 4.78 is 10.7. The van der Waals surface area contributed by atoms with Crippen molar-refractivity contribution in [1.29, 1.82) is 0 Å². The molecule has 1 N–H and O–H groups in total. The number of hydrogen-bond acceptors (Lipinski definition) is 4. The summed E-state index contributed by atoms with van der Waals surface area (Å²) in [6.45, 7) is 10.1. The molecule has 0 heterocycles. The van der Waals surface area contributed by atoms with E-state index in [1.807, 2.05) is 25.1 Å². The fraction of sp³-hybridized carbons (Fsp3) is 0.636. The van der Waals surface area contributed by atoms with Crippen molar-refractivity contribution in [2.75, 3.05) is 13.2 Å². The fourth-order valence-corrected chi connectivity index (χ4v) is 3.60. The van der Waals surface area contributed by atoms with Crippen molar-refractivity contribution in [3.8, 4) is 5.75 Å². The molecule has 0 spiro atoms. The van der Waals surface area contributed by atoms with Gasteiger partial charge in [-0.15, -0.1) is 0 Å². The van der Waals surface area contributed by atoms with E-state index < -0.39 is 5.97 Å². The van der Waals surface area contributed by atoms with E-state index in [9.17, 15) is 9.59 Å². The number of amides is 1. The summed E-state index contributed by atoms with van der Waals surface area (Å²) in [4.78, 5) is 24.1. The summed E-state index contributed by atoms with van der Waals surface area (Å²) in [6, 6.07) is 6.12. The second-order valence-electron chi connectivity index (χ2n) is 8.09. The first-order chi connectivity index (χ1) is 12.8. The van der Waals surface area contributed by atoms with Crippen LogP contribution in [0, 0.1) is 18.8 Å². The molecule has 5 heteroatoms. The maximum absolute atomic E-state index is 12.1. The zero-order valence-electron chi connectivity index (χ0n) is 17.2. The predicted octanol–water partition coefficient (Wildman–Crippen LogP) is 3.98. The molecule has 1 aliphatic carbocycles. The van der Waals surface area contributed by atoms with Gasteiger partial charge in [0, 0.05) is 6.04 Å². The van der Waals surface area contributed by atoms with Crippen molar-refractivity contribution in [3.05, 3.63) is 29.3 Å². The van der Waals surface area contributed by atoms with Crippen molar-refractivity contribution >= 4 is 11.9 Å². The highest BCUT2D eigenvalue weighted by Gasteiger charge is 2.28. The van der Waals surface area contributed by atoms with Gasteiger partial charge in [-0.2, -0.15) is 0 Å². The lowest BCUT2D eigenvalue weighted by atomic mass is 9.78. The predicted molar refractivity (Wildman–Crippen MR) is 106 cm³/mol. The summed E-state index contributed by atoms with van der Waals surface area (Å²) in [5.41, 5.74) is 2.12. The van der Waals surface area contributed by atoms with Crippen LogP contribution in [-0.2, 0) is 14.3 Å². The summed E-state index contributed by atoms with van der Waals surface area (Å²) in [7, 11) is 0. The van der Waals surface area contributed by atoms with Gasteiger partial charge in [0.25, 0.3) is 5.91 Å². The third kappa shape index (κ3) is 6.26. The minimum atomic E-state index is -0.536. The van der Waals surface area contributed by atoms with Gasteiger partial charge in [0.05, 0.1) is 0 Å². The lowest BCUT2D eigenvalue weighted by molar-refractivity contribution is -0.150. The number of carbonyl (C=O) groups excluding carboxylic acids is 2. The van der Waals surface area contributed by atoms with Crippen LogP contribution in [0.2, 0.25) is 0 Å². The fourth-order valence-electron chi connectivity index (χ4n) is 3.60. The molecule has 150 valence electrons. The van der Waals surface area contributed by atoms with Crippen LogP contribution in [-0.4, -0.2) is 31.1 Å². The van der Waals surface area contributed by atoms with Crippen LogP contribution in [0.1, 0.15) is 64.0 Å². The number of hydrogen-bond donors (Lipinski definition) is 1. The molecule has 1 aliphatic rings. The van der Waals surface area contributed by atoms with Crippen molar-refractivity contribution in [2.45, 2.75) is 65.8 Å². The highest BCUT2D eigenvalue weighted by molar-refractivity contribution is 5.81. The van der Waals surface area contributed by atoms with Gasteiger partial charge in [0.2, 0.25) is 0 Å².